The van der Waals surface area contributed by atoms with Gasteiger partial charge in [-0.3, -0.25) is 14.5 Å². The molecule has 0 aromatic heterocycles. The van der Waals surface area contributed by atoms with Crippen molar-refractivity contribution in [2.75, 3.05) is 5.32 Å². The highest BCUT2D eigenvalue weighted by Gasteiger charge is 2.47. The zero-order valence-electron chi connectivity index (χ0n) is 20.1. The van der Waals surface area contributed by atoms with Crippen molar-refractivity contribution >= 4 is 35.2 Å². The lowest BCUT2D eigenvalue weighted by Crippen LogP contribution is -2.48. The molecule has 4 rings (SSSR count). The summed E-state index contributed by atoms with van der Waals surface area (Å²) < 4.78 is 5.74. The van der Waals surface area contributed by atoms with Gasteiger partial charge in [-0.15, -0.1) is 0 Å². The fourth-order valence-corrected chi connectivity index (χ4v) is 4.24. The summed E-state index contributed by atoms with van der Waals surface area (Å²) in [6.45, 7) is 4.13. The smallest absolute Gasteiger partial charge is 0.411 e. The lowest BCUT2D eigenvalue weighted by molar-refractivity contribution is -0.127. The Kier molecular flexibility index (Phi) is 7.90. The number of nitrogens with one attached hydrogen (secondary N) is 2. The van der Waals surface area contributed by atoms with E-state index in [1.165, 1.54) is 4.90 Å². The first-order valence-corrected chi connectivity index (χ1v) is 12.2. The molecule has 3 unspecified atom stereocenters. The zero-order chi connectivity index (χ0) is 25.7. The average molecular weight is 506 g/mol. The van der Waals surface area contributed by atoms with Gasteiger partial charge in [0.05, 0.1) is 6.54 Å². The number of hydrogen-bond acceptors (Lipinski definition) is 4. The van der Waals surface area contributed by atoms with Gasteiger partial charge in [-0.25, -0.2) is 4.79 Å². The molecule has 3 atom stereocenters. The van der Waals surface area contributed by atoms with Gasteiger partial charge in [0.25, 0.3) is 5.91 Å². The topological polar surface area (TPSA) is 87.7 Å². The number of nitrogens with zero attached hydrogens (tertiary/aromatic N) is 1. The van der Waals surface area contributed by atoms with Crippen LogP contribution < -0.4 is 10.6 Å². The van der Waals surface area contributed by atoms with Crippen LogP contribution in [0.15, 0.2) is 78.9 Å². The number of rotatable bonds is 8. The van der Waals surface area contributed by atoms with E-state index in [9.17, 15) is 14.4 Å². The first-order chi connectivity index (χ1) is 17.4. The lowest BCUT2D eigenvalue weighted by Gasteiger charge is -2.26. The second-order valence-corrected chi connectivity index (χ2v) is 9.21. The molecule has 1 aliphatic heterocycles. The maximum absolute atomic E-state index is 13.4. The first-order valence-electron chi connectivity index (χ1n) is 11.8. The van der Waals surface area contributed by atoms with Crippen molar-refractivity contribution in [2.45, 2.75) is 45.0 Å². The molecule has 1 heterocycles. The second-order valence-electron chi connectivity index (χ2n) is 8.77. The van der Waals surface area contributed by atoms with Crippen LogP contribution in [0.5, 0.6) is 0 Å². The molecule has 1 saturated heterocycles. The van der Waals surface area contributed by atoms with Crippen LogP contribution in [0.1, 0.15) is 47.9 Å². The predicted octanol–water partition coefficient (Wildman–Crippen LogP) is 5.57. The van der Waals surface area contributed by atoms with Crippen LogP contribution in [0.3, 0.4) is 0 Å². The van der Waals surface area contributed by atoms with Gasteiger partial charge < -0.3 is 15.4 Å². The quantitative estimate of drug-likeness (QED) is 0.419. The molecule has 3 amide bonds. The normalized spacial score (nSPS) is 17.9. The molecule has 0 saturated carbocycles. The number of halogens is 1. The van der Waals surface area contributed by atoms with Crippen LogP contribution in [-0.2, 0) is 16.1 Å². The Balaban J connectivity index is 1.61. The number of carbonyl (C=O) groups is 3. The first kappa shape index (κ1) is 25.3. The molecule has 0 radical (unpaired) electrons. The van der Waals surface area contributed by atoms with Crippen molar-refractivity contribution < 1.29 is 19.1 Å². The molecule has 3 aromatic carbocycles. The molecule has 1 aliphatic rings. The number of carbonyl (C=O) groups excluding carboxylic acids is 3. The van der Waals surface area contributed by atoms with Crippen molar-refractivity contribution in [3.63, 3.8) is 0 Å². The summed E-state index contributed by atoms with van der Waals surface area (Å²) in [6, 6.07) is 22.2. The summed E-state index contributed by atoms with van der Waals surface area (Å²) >= 11 is 6.01. The van der Waals surface area contributed by atoms with Gasteiger partial charge in [-0.1, -0.05) is 67.1 Å². The van der Waals surface area contributed by atoms with Crippen molar-refractivity contribution in [2.24, 2.45) is 0 Å². The Morgan fingerprint density at radius 3 is 2.50 bits per heavy atom. The molecule has 36 heavy (non-hydrogen) atoms. The van der Waals surface area contributed by atoms with E-state index in [1.807, 2.05) is 44.2 Å². The minimum atomic E-state index is -0.870. The molecule has 3 aromatic rings. The molecule has 7 nitrogen and oxygen atoms in total. The Bertz CT molecular complexity index is 1250. The van der Waals surface area contributed by atoms with Crippen LogP contribution in [0.25, 0.3) is 0 Å². The Labute approximate surface area is 215 Å². The Morgan fingerprint density at radius 1 is 1.03 bits per heavy atom. The molecular formula is C28H28ClN3O4. The molecule has 0 aliphatic carbocycles. The number of ether oxygens (including phenoxy) is 1. The van der Waals surface area contributed by atoms with Crippen molar-refractivity contribution in [3.8, 4) is 0 Å². The van der Waals surface area contributed by atoms with Crippen LogP contribution in [0.2, 0.25) is 5.02 Å². The van der Waals surface area contributed by atoms with Crippen molar-refractivity contribution in [1.82, 2.24) is 10.2 Å². The highest BCUT2D eigenvalue weighted by atomic mass is 35.5. The summed E-state index contributed by atoms with van der Waals surface area (Å²) in [5.74, 6) is -0.612. The Morgan fingerprint density at radius 2 is 1.78 bits per heavy atom. The van der Waals surface area contributed by atoms with E-state index >= 15 is 0 Å². The van der Waals surface area contributed by atoms with Crippen LogP contribution in [0.4, 0.5) is 10.5 Å². The zero-order valence-corrected chi connectivity index (χ0v) is 20.9. The summed E-state index contributed by atoms with van der Waals surface area (Å²) in [6.07, 6.45) is -0.656. The van der Waals surface area contributed by atoms with Crippen LogP contribution in [0, 0.1) is 0 Å². The van der Waals surface area contributed by atoms with Crippen molar-refractivity contribution in [1.29, 1.82) is 0 Å². The Hall–Kier alpha value is -3.84. The van der Waals surface area contributed by atoms with Gasteiger partial charge in [0.1, 0.15) is 0 Å². The average Bonchev–Trinajstić information content (AvgIpc) is 3.20. The van der Waals surface area contributed by atoms with Crippen LogP contribution in [-0.4, -0.2) is 34.9 Å². The highest BCUT2D eigenvalue weighted by Crippen LogP contribution is 2.35. The third kappa shape index (κ3) is 5.86. The van der Waals surface area contributed by atoms with E-state index in [4.69, 9.17) is 16.3 Å². The van der Waals surface area contributed by atoms with E-state index in [2.05, 4.69) is 10.6 Å². The molecule has 2 N–H and O–H groups in total. The molecule has 8 heteroatoms. The number of hydrogen-bond donors (Lipinski definition) is 2. The monoisotopic (exact) mass is 505 g/mol. The maximum Gasteiger partial charge on any atom is 0.411 e. The molecule has 186 valence electrons. The van der Waals surface area contributed by atoms with E-state index in [1.54, 1.807) is 48.5 Å². The minimum Gasteiger partial charge on any atom is -0.438 e. The molecule has 0 bridgehead atoms. The van der Waals surface area contributed by atoms with Crippen LogP contribution >= 0.6 is 11.6 Å². The van der Waals surface area contributed by atoms with E-state index < -0.39 is 18.2 Å². The summed E-state index contributed by atoms with van der Waals surface area (Å²) in [5.41, 5.74) is 2.42. The molecular weight excluding hydrogens is 478 g/mol. The van der Waals surface area contributed by atoms with Gasteiger partial charge >= 0.3 is 6.09 Å². The van der Waals surface area contributed by atoms with E-state index in [-0.39, 0.29) is 24.4 Å². The molecule has 1 fully saturated rings. The summed E-state index contributed by atoms with van der Waals surface area (Å²) in [7, 11) is 0. The third-order valence-corrected chi connectivity index (χ3v) is 6.35. The number of benzene rings is 3. The molecule has 0 spiro atoms. The fourth-order valence-electron chi connectivity index (χ4n) is 4.05. The van der Waals surface area contributed by atoms with Gasteiger partial charge in [-0.2, -0.15) is 0 Å². The third-order valence-electron chi connectivity index (χ3n) is 6.11. The largest absolute Gasteiger partial charge is 0.438 e. The fraction of sp³-hybridized carbons (Fsp3) is 0.250. The number of amides is 3. The second kappa shape index (κ2) is 11.3. The van der Waals surface area contributed by atoms with Gasteiger partial charge in [0, 0.05) is 22.3 Å². The predicted molar refractivity (Wildman–Crippen MR) is 139 cm³/mol. The van der Waals surface area contributed by atoms with E-state index in [0.717, 1.165) is 12.0 Å². The summed E-state index contributed by atoms with van der Waals surface area (Å²) in [5, 5.41) is 6.29. The SMILES string of the molecule is CCC(C)NC(=O)C1C(c2cccc(NC(=O)c3cccc(Cl)c3)c2)OC(=O)N1Cc1ccccc1. The summed E-state index contributed by atoms with van der Waals surface area (Å²) in [4.78, 5) is 40.5. The van der Waals surface area contributed by atoms with Gasteiger partial charge in [0.15, 0.2) is 12.1 Å². The number of anilines is 1. The standard InChI is InChI=1S/C28H28ClN3O4/c1-3-18(2)30-27(34)24-25(36-28(35)32(24)17-19-9-5-4-6-10-19)20-11-8-14-23(16-20)31-26(33)21-12-7-13-22(29)15-21/h4-16,18,24-25H,3,17H2,1-2H3,(H,30,34)(H,31,33). The highest BCUT2D eigenvalue weighted by molar-refractivity contribution is 6.31. The van der Waals surface area contributed by atoms with E-state index in [0.29, 0.717) is 21.8 Å². The lowest BCUT2D eigenvalue weighted by atomic mass is 9.99. The van der Waals surface area contributed by atoms with Gasteiger partial charge in [0.2, 0.25) is 5.91 Å². The number of cyclic esters (lactones) is 1. The van der Waals surface area contributed by atoms with Crippen molar-refractivity contribution in [3.05, 3.63) is 101 Å². The minimum absolute atomic E-state index is 0.0595. The maximum atomic E-state index is 13.4. The van der Waals surface area contributed by atoms with Gasteiger partial charge in [-0.05, 0) is 54.8 Å².